The molecule has 4 aliphatic heterocycles. The average Bonchev–Trinajstić information content (AvgIpc) is 3.42. The maximum atomic E-state index is 14.1. The number of hydrogen-bond acceptors (Lipinski definition) is 7. The van der Waals surface area contributed by atoms with Gasteiger partial charge in [-0.2, -0.15) is 13.2 Å². The zero-order valence-corrected chi connectivity index (χ0v) is 29.4. The monoisotopic (exact) mass is 723 g/mol. The zero-order chi connectivity index (χ0) is 34.9. The predicted molar refractivity (Wildman–Crippen MR) is 184 cm³/mol. The highest BCUT2D eigenvalue weighted by Gasteiger charge is 2.38. The van der Waals surface area contributed by atoms with E-state index in [1.807, 2.05) is 15.7 Å². The van der Waals surface area contributed by atoms with Gasteiger partial charge in [-0.05, 0) is 81.7 Å². The standard InChI is InChI=1S/C34H45ClF3N7O3S/c1-41-7-2-8-42(14-13-41)25-3-11-44(12-4-25)32(47)23(15-22-16-27(34(36,37)38)31(39)28(35)17-22)18-30(46)43-9-5-26(6-10-43)45-19-24-20-49-21-29(24)40-33(45)48/h16-17,20-21,23,25-26H,2-15,18-19,39H2,1H3,(H,40,48)/t23-/m0/s1. The summed E-state index contributed by atoms with van der Waals surface area (Å²) in [4.78, 5) is 50.8. The van der Waals surface area contributed by atoms with Crippen LogP contribution in [0.4, 0.5) is 29.3 Å². The maximum Gasteiger partial charge on any atom is 0.418 e. The molecule has 2 aromatic rings. The van der Waals surface area contributed by atoms with Crippen LogP contribution in [0, 0.1) is 5.92 Å². The first-order valence-electron chi connectivity index (χ1n) is 17.1. The predicted octanol–water partition coefficient (Wildman–Crippen LogP) is 5.22. The van der Waals surface area contributed by atoms with E-state index in [0.29, 0.717) is 51.6 Å². The van der Waals surface area contributed by atoms with Gasteiger partial charge in [0.05, 0.1) is 34.4 Å². The summed E-state index contributed by atoms with van der Waals surface area (Å²) in [6, 6.07) is 2.51. The second kappa shape index (κ2) is 15.0. The fourth-order valence-electron chi connectivity index (χ4n) is 7.76. The molecule has 3 N–H and O–H groups in total. The molecule has 1 aromatic heterocycles. The van der Waals surface area contributed by atoms with Crippen molar-refractivity contribution in [3.63, 3.8) is 0 Å². The van der Waals surface area contributed by atoms with Crippen molar-refractivity contribution in [3.8, 4) is 0 Å². The number of fused-ring (bicyclic) bond motifs is 1. The Bertz CT molecular complexity index is 1520. The van der Waals surface area contributed by atoms with E-state index < -0.39 is 23.3 Å². The number of nitrogens with two attached hydrogens (primary N) is 1. The summed E-state index contributed by atoms with van der Waals surface area (Å²) < 4.78 is 41.5. The molecule has 49 heavy (non-hydrogen) atoms. The second-order valence-corrected chi connectivity index (χ2v) is 15.0. The largest absolute Gasteiger partial charge is 0.418 e. The van der Waals surface area contributed by atoms with E-state index in [0.717, 1.165) is 62.8 Å². The van der Waals surface area contributed by atoms with Crippen molar-refractivity contribution >= 4 is 52.2 Å². The van der Waals surface area contributed by atoms with Gasteiger partial charge in [0.1, 0.15) is 0 Å². The third-order valence-electron chi connectivity index (χ3n) is 10.6. The van der Waals surface area contributed by atoms with Crippen molar-refractivity contribution in [3.05, 3.63) is 44.6 Å². The Labute approximate surface area is 294 Å². The summed E-state index contributed by atoms with van der Waals surface area (Å²) in [5, 5.41) is 6.66. The van der Waals surface area contributed by atoms with Crippen LogP contribution in [-0.2, 0) is 28.7 Å². The van der Waals surface area contributed by atoms with Crippen LogP contribution < -0.4 is 11.1 Å². The number of nitrogens with one attached hydrogen (secondary N) is 1. The smallest absolute Gasteiger partial charge is 0.397 e. The molecule has 15 heteroatoms. The molecule has 0 aliphatic carbocycles. The lowest BCUT2D eigenvalue weighted by atomic mass is 9.91. The Kier molecular flexibility index (Phi) is 11.0. The molecule has 1 aromatic carbocycles. The van der Waals surface area contributed by atoms with Crippen LogP contribution >= 0.6 is 22.9 Å². The van der Waals surface area contributed by atoms with Gasteiger partial charge >= 0.3 is 12.2 Å². The molecule has 0 unspecified atom stereocenters. The van der Waals surface area contributed by atoms with E-state index in [-0.39, 0.29) is 47.3 Å². The van der Waals surface area contributed by atoms with Crippen LogP contribution in [0.25, 0.3) is 0 Å². The van der Waals surface area contributed by atoms with Gasteiger partial charge in [-0.1, -0.05) is 11.6 Å². The minimum atomic E-state index is -4.72. The number of halogens is 4. The minimum Gasteiger partial charge on any atom is -0.397 e. The fraction of sp³-hybridized carbons (Fsp3) is 0.618. The van der Waals surface area contributed by atoms with E-state index in [1.54, 1.807) is 21.1 Å². The Morgan fingerprint density at radius 1 is 0.980 bits per heavy atom. The van der Waals surface area contributed by atoms with Crippen molar-refractivity contribution in [2.24, 2.45) is 5.92 Å². The van der Waals surface area contributed by atoms with E-state index in [9.17, 15) is 27.6 Å². The van der Waals surface area contributed by atoms with Crippen LogP contribution in [0.2, 0.25) is 5.02 Å². The fourth-order valence-corrected chi connectivity index (χ4v) is 8.78. The van der Waals surface area contributed by atoms with Gasteiger partial charge in [0.25, 0.3) is 0 Å². The highest BCUT2D eigenvalue weighted by Crippen LogP contribution is 2.39. The number of likely N-dealkylation sites (tertiary alicyclic amines) is 2. The quantitative estimate of drug-likeness (QED) is 0.380. The normalized spacial score (nSPS) is 21.3. The number of likely N-dealkylation sites (N-methyl/N-ethyl adjacent to an activating group) is 1. The van der Waals surface area contributed by atoms with Gasteiger partial charge in [-0.15, -0.1) is 11.3 Å². The van der Waals surface area contributed by atoms with E-state index >= 15 is 0 Å². The van der Waals surface area contributed by atoms with Crippen molar-refractivity contribution in [2.45, 2.75) is 69.8 Å². The number of hydrogen-bond donors (Lipinski definition) is 2. The summed E-state index contributed by atoms with van der Waals surface area (Å²) in [7, 11) is 2.13. The van der Waals surface area contributed by atoms with Crippen molar-refractivity contribution < 1.29 is 27.6 Å². The third kappa shape index (κ3) is 8.29. The lowest BCUT2D eigenvalue weighted by molar-refractivity contribution is -0.143. The first kappa shape index (κ1) is 35.7. The van der Waals surface area contributed by atoms with Crippen LogP contribution in [0.5, 0.6) is 0 Å². The molecule has 0 bridgehead atoms. The molecule has 4 amide bonds. The molecular weight excluding hydrogens is 679 g/mol. The number of urea groups is 1. The number of thiophene rings is 1. The number of nitrogen functional groups attached to an aromatic ring is 1. The number of rotatable bonds is 7. The molecule has 4 aliphatic rings. The molecule has 5 heterocycles. The number of piperidine rings is 2. The van der Waals surface area contributed by atoms with Gasteiger partial charge in [-0.3, -0.25) is 14.5 Å². The number of carbonyl (C=O) groups excluding carboxylic acids is 3. The van der Waals surface area contributed by atoms with Crippen molar-refractivity contribution in [2.75, 3.05) is 70.5 Å². The number of carbonyl (C=O) groups is 3. The van der Waals surface area contributed by atoms with E-state index in [1.165, 1.54) is 6.07 Å². The van der Waals surface area contributed by atoms with Gasteiger partial charge in [0, 0.05) is 68.7 Å². The molecule has 10 nitrogen and oxygen atoms in total. The van der Waals surface area contributed by atoms with E-state index in [4.69, 9.17) is 17.3 Å². The summed E-state index contributed by atoms with van der Waals surface area (Å²) in [6.45, 7) is 6.52. The van der Waals surface area contributed by atoms with Crippen LogP contribution in [-0.4, -0.2) is 114 Å². The highest BCUT2D eigenvalue weighted by molar-refractivity contribution is 7.08. The SMILES string of the molecule is CN1CCCN(C2CCN(C(=O)[C@H](CC(=O)N3CCC(N4Cc5cscc5NC4=O)CC3)Cc3cc(Cl)c(N)c(C(F)(F)F)c3)CC2)CC1. The summed E-state index contributed by atoms with van der Waals surface area (Å²) in [6.07, 6.45) is -1.00. The lowest BCUT2D eigenvalue weighted by Gasteiger charge is -2.41. The summed E-state index contributed by atoms with van der Waals surface area (Å²) in [5.74, 6) is -1.31. The Hall–Kier alpha value is -3.07. The number of nitrogens with zero attached hydrogens (tertiary/aromatic N) is 5. The van der Waals surface area contributed by atoms with Gasteiger partial charge in [0.2, 0.25) is 11.8 Å². The average molecular weight is 724 g/mol. The lowest BCUT2D eigenvalue weighted by Crippen LogP contribution is -2.52. The van der Waals surface area contributed by atoms with Crippen molar-refractivity contribution in [1.82, 2.24) is 24.5 Å². The number of anilines is 2. The van der Waals surface area contributed by atoms with Gasteiger partial charge in [-0.25, -0.2) is 4.79 Å². The number of amides is 4. The Morgan fingerprint density at radius 3 is 2.39 bits per heavy atom. The molecule has 0 saturated carbocycles. The van der Waals surface area contributed by atoms with Crippen LogP contribution in [0.3, 0.4) is 0 Å². The summed E-state index contributed by atoms with van der Waals surface area (Å²) in [5.41, 5.74) is 6.21. The molecule has 3 saturated heterocycles. The number of benzene rings is 1. The maximum absolute atomic E-state index is 14.1. The molecule has 1 atom stereocenters. The minimum absolute atomic E-state index is 0.0295. The van der Waals surface area contributed by atoms with Crippen LogP contribution in [0.15, 0.2) is 22.9 Å². The topological polar surface area (TPSA) is 105 Å². The zero-order valence-electron chi connectivity index (χ0n) is 27.8. The van der Waals surface area contributed by atoms with E-state index in [2.05, 4.69) is 22.2 Å². The van der Waals surface area contributed by atoms with Crippen LogP contribution in [0.1, 0.15) is 55.2 Å². The first-order valence-corrected chi connectivity index (χ1v) is 18.5. The molecule has 3 fully saturated rings. The first-order chi connectivity index (χ1) is 23.4. The molecule has 0 spiro atoms. The second-order valence-electron chi connectivity index (χ2n) is 13.9. The van der Waals surface area contributed by atoms with Gasteiger partial charge in [0.15, 0.2) is 0 Å². The van der Waals surface area contributed by atoms with Gasteiger partial charge < -0.3 is 30.7 Å². The molecule has 268 valence electrons. The number of alkyl halides is 3. The molecular formula is C34H45ClF3N7O3S. The highest BCUT2D eigenvalue weighted by atomic mass is 35.5. The molecule has 6 rings (SSSR count). The third-order valence-corrected chi connectivity index (χ3v) is 11.7. The molecule has 0 radical (unpaired) electrons. The summed E-state index contributed by atoms with van der Waals surface area (Å²) >= 11 is 7.69. The Balaban J connectivity index is 1.13. The van der Waals surface area contributed by atoms with Crippen molar-refractivity contribution in [1.29, 1.82) is 0 Å². The Morgan fingerprint density at radius 2 is 1.67 bits per heavy atom.